The number of nitrogens with zero attached hydrogens (tertiary/aromatic N) is 1. The normalized spacial score (nSPS) is 17.6. The fraction of sp³-hybridized carbons (Fsp3) is 0.286. The van der Waals surface area contributed by atoms with Crippen molar-refractivity contribution >= 4 is 23.4 Å². The lowest BCUT2D eigenvalue weighted by Gasteiger charge is -2.22. The molecule has 1 atom stereocenters. The van der Waals surface area contributed by atoms with Crippen molar-refractivity contribution < 1.29 is 28.2 Å². The largest absolute Gasteiger partial charge is 0.486 e. The van der Waals surface area contributed by atoms with E-state index in [0.717, 1.165) is 0 Å². The van der Waals surface area contributed by atoms with Crippen LogP contribution in [-0.2, 0) is 20.8 Å². The molecule has 4 rings (SSSR count). The summed E-state index contributed by atoms with van der Waals surface area (Å²) in [7, 11) is 0. The van der Waals surface area contributed by atoms with Gasteiger partial charge in [-0.3, -0.25) is 25.2 Å². The standard InChI is InChI=1S/C21H20FN3O5/c22-15-3-1-13(2-4-15)9-19(26)23-24-21(28)14-10-20(27)25(12-14)16-5-6-17-18(11-16)30-8-7-29-17/h1-6,11,14H,7-10,12H2,(H,23,26)(H,24,28)/t14-/m1/s1. The van der Waals surface area contributed by atoms with E-state index < -0.39 is 17.7 Å². The Kier molecular flexibility index (Phi) is 5.51. The minimum Gasteiger partial charge on any atom is -0.486 e. The molecular formula is C21H20FN3O5. The van der Waals surface area contributed by atoms with E-state index in [1.54, 1.807) is 18.2 Å². The molecular weight excluding hydrogens is 393 g/mol. The van der Waals surface area contributed by atoms with Crippen LogP contribution >= 0.6 is 0 Å². The molecule has 1 fully saturated rings. The maximum absolute atomic E-state index is 12.9. The predicted octanol–water partition coefficient (Wildman–Crippen LogP) is 1.34. The number of carbonyl (C=O) groups is 3. The van der Waals surface area contributed by atoms with Crippen LogP contribution in [0.1, 0.15) is 12.0 Å². The summed E-state index contributed by atoms with van der Waals surface area (Å²) in [5.74, 6) is -0.886. The van der Waals surface area contributed by atoms with Gasteiger partial charge in [-0.25, -0.2) is 4.39 Å². The van der Waals surface area contributed by atoms with Crippen LogP contribution in [0.3, 0.4) is 0 Å². The van der Waals surface area contributed by atoms with E-state index >= 15 is 0 Å². The van der Waals surface area contributed by atoms with Gasteiger partial charge in [0.05, 0.1) is 12.3 Å². The van der Waals surface area contributed by atoms with Crippen molar-refractivity contribution in [3.05, 3.63) is 53.8 Å². The highest BCUT2D eigenvalue weighted by Crippen LogP contribution is 2.35. The van der Waals surface area contributed by atoms with E-state index in [1.807, 2.05) is 0 Å². The van der Waals surface area contributed by atoms with Gasteiger partial charge in [0.2, 0.25) is 17.7 Å². The minimum atomic E-state index is -0.600. The number of nitrogens with one attached hydrogen (secondary N) is 2. The first-order valence-electron chi connectivity index (χ1n) is 9.53. The number of fused-ring (bicyclic) bond motifs is 1. The second-order valence-corrected chi connectivity index (χ2v) is 7.07. The van der Waals surface area contributed by atoms with Crippen LogP contribution in [0, 0.1) is 11.7 Å². The van der Waals surface area contributed by atoms with Gasteiger partial charge in [0.15, 0.2) is 11.5 Å². The maximum atomic E-state index is 12.9. The molecule has 3 amide bonds. The van der Waals surface area contributed by atoms with Gasteiger partial charge in [0.1, 0.15) is 19.0 Å². The number of hydrazine groups is 1. The van der Waals surface area contributed by atoms with Crippen molar-refractivity contribution in [2.75, 3.05) is 24.7 Å². The molecule has 0 aliphatic carbocycles. The topological polar surface area (TPSA) is 97.0 Å². The Bertz CT molecular complexity index is 979. The van der Waals surface area contributed by atoms with Crippen molar-refractivity contribution in [1.29, 1.82) is 0 Å². The third-order valence-corrected chi connectivity index (χ3v) is 4.94. The fourth-order valence-electron chi connectivity index (χ4n) is 3.40. The summed E-state index contributed by atoms with van der Waals surface area (Å²) in [5.41, 5.74) is 5.94. The van der Waals surface area contributed by atoms with Gasteiger partial charge in [-0.2, -0.15) is 0 Å². The summed E-state index contributed by atoms with van der Waals surface area (Å²) in [6.07, 6.45) is 0.0294. The van der Waals surface area contributed by atoms with Gasteiger partial charge in [0.25, 0.3) is 0 Å². The van der Waals surface area contributed by atoms with Gasteiger partial charge in [-0.05, 0) is 29.8 Å². The average Bonchev–Trinajstić information content (AvgIpc) is 3.15. The molecule has 2 aliphatic heterocycles. The molecule has 0 radical (unpaired) electrons. The first-order chi connectivity index (χ1) is 14.5. The van der Waals surface area contributed by atoms with Crippen molar-refractivity contribution in [3.63, 3.8) is 0 Å². The van der Waals surface area contributed by atoms with Crippen LogP contribution in [0.5, 0.6) is 11.5 Å². The molecule has 30 heavy (non-hydrogen) atoms. The van der Waals surface area contributed by atoms with Crippen LogP contribution in [0.25, 0.3) is 0 Å². The van der Waals surface area contributed by atoms with Crippen molar-refractivity contribution in [2.24, 2.45) is 5.92 Å². The zero-order chi connectivity index (χ0) is 21.1. The first-order valence-corrected chi connectivity index (χ1v) is 9.53. The Morgan fingerprint density at radius 2 is 1.77 bits per heavy atom. The first kappa shape index (κ1) is 19.7. The number of amides is 3. The van der Waals surface area contributed by atoms with Crippen molar-refractivity contribution in [1.82, 2.24) is 10.9 Å². The molecule has 2 N–H and O–H groups in total. The number of rotatable bonds is 4. The Hall–Kier alpha value is -3.62. The predicted molar refractivity (Wildman–Crippen MR) is 104 cm³/mol. The molecule has 0 bridgehead atoms. The van der Waals surface area contributed by atoms with E-state index in [0.29, 0.717) is 36.0 Å². The van der Waals surface area contributed by atoms with Crippen molar-refractivity contribution in [3.8, 4) is 11.5 Å². The number of halogens is 1. The molecule has 1 saturated heterocycles. The smallest absolute Gasteiger partial charge is 0.243 e. The molecule has 0 spiro atoms. The van der Waals surface area contributed by atoms with Gasteiger partial charge in [0, 0.05) is 24.7 Å². The van der Waals surface area contributed by atoms with Crippen LogP contribution < -0.4 is 25.2 Å². The van der Waals surface area contributed by atoms with E-state index in [4.69, 9.17) is 9.47 Å². The lowest BCUT2D eigenvalue weighted by atomic mass is 10.1. The molecule has 2 heterocycles. The number of anilines is 1. The van der Waals surface area contributed by atoms with Crippen LogP contribution in [-0.4, -0.2) is 37.5 Å². The number of hydrogen-bond acceptors (Lipinski definition) is 5. The quantitative estimate of drug-likeness (QED) is 0.738. The Labute approximate surface area is 171 Å². The van der Waals surface area contributed by atoms with Gasteiger partial charge >= 0.3 is 0 Å². The molecule has 0 unspecified atom stereocenters. The van der Waals surface area contributed by atoms with E-state index in [1.165, 1.54) is 29.2 Å². The minimum absolute atomic E-state index is 0.00647. The highest BCUT2D eigenvalue weighted by atomic mass is 19.1. The van der Waals surface area contributed by atoms with E-state index in [2.05, 4.69) is 10.9 Å². The molecule has 0 aromatic heterocycles. The average molecular weight is 413 g/mol. The molecule has 2 aromatic carbocycles. The van der Waals surface area contributed by atoms with Crippen LogP contribution in [0.2, 0.25) is 0 Å². The zero-order valence-corrected chi connectivity index (χ0v) is 16.0. The number of benzene rings is 2. The Morgan fingerprint density at radius 1 is 1.03 bits per heavy atom. The summed E-state index contributed by atoms with van der Waals surface area (Å²) in [4.78, 5) is 38.3. The molecule has 9 heteroatoms. The SMILES string of the molecule is O=C(Cc1ccc(F)cc1)NNC(=O)[C@@H]1CC(=O)N(c2ccc3c(c2)OCCO3)C1. The number of hydrogen-bond donors (Lipinski definition) is 2. The highest BCUT2D eigenvalue weighted by Gasteiger charge is 2.35. The lowest BCUT2D eigenvalue weighted by Crippen LogP contribution is -2.45. The summed E-state index contributed by atoms with van der Waals surface area (Å²) in [6.45, 7) is 1.11. The van der Waals surface area contributed by atoms with Gasteiger partial charge < -0.3 is 14.4 Å². The third-order valence-electron chi connectivity index (χ3n) is 4.94. The molecule has 0 saturated carbocycles. The Morgan fingerprint density at radius 3 is 2.53 bits per heavy atom. The monoisotopic (exact) mass is 413 g/mol. The zero-order valence-electron chi connectivity index (χ0n) is 16.0. The molecule has 2 aromatic rings. The Balaban J connectivity index is 1.31. The highest BCUT2D eigenvalue weighted by molar-refractivity contribution is 6.00. The van der Waals surface area contributed by atoms with Crippen LogP contribution in [0.15, 0.2) is 42.5 Å². The van der Waals surface area contributed by atoms with Gasteiger partial charge in [-0.15, -0.1) is 0 Å². The second kappa shape index (κ2) is 8.40. The third kappa shape index (κ3) is 4.35. The summed E-state index contributed by atoms with van der Waals surface area (Å²) < 4.78 is 23.9. The van der Waals surface area contributed by atoms with Crippen LogP contribution in [0.4, 0.5) is 10.1 Å². The molecule has 8 nitrogen and oxygen atoms in total. The van der Waals surface area contributed by atoms with Crippen molar-refractivity contribution in [2.45, 2.75) is 12.8 Å². The molecule has 2 aliphatic rings. The molecule has 156 valence electrons. The fourth-order valence-corrected chi connectivity index (χ4v) is 3.40. The summed E-state index contributed by atoms with van der Waals surface area (Å²) >= 11 is 0. The van der Waals surface area contributed by atoms with Gasteiger partial charge in [-0.1, -0.05) is 12.1 Å². The summed E-state index contributed by atoms with van der Waals surface area (Å²) in [6, 6.07) is 10.7. The number of carbonyl (C=O) groups excluding carboxylic acids is 3. The van der Waals surface area contributed by atoms with E-state index in [-0.39, 0.29) is 31.1 Å². The van der Waals surface area contributed by atoms with E-state index in [9.17, 15) is 18.8 Å². The second-order valence-electron chi connectivity index (χ2n) is 7.07. The maximum Gasteiger partial charge on any atom is 0.243 e. The lowest BCUT2D eigenvalue weighted by molar-refractivity contribution is -0.131. The number of ether oxygens (including phenoxy) is 2. The summed E-state index contributed by atoms with van der Waals surface area (Å²) in [5, 5.41) is 0.